The van der Waals surface area contributed by atoms with Gasteiger partial charge in [-0.15, -0.1) is 11.8 Å². The van der Waals surface area contributed by atoms with Crippen LogP contribution in [0.15, 0.2) is 47.4 Å². The van der Waals surface area contributed by atoms with Gasteiger partial charge in [-0.3, -0.25) is 0 Å². The molecule has 19 heavy (non-hydrogen) atoms. The Labute approximate surface area is 120 Å². The molecule has 100 valence electrons. The van der Waals surface area contributed by atoms with Crippen molar-refractivity contribution < 1.29 is 9.13 Å². The summed E-state index contributed by atoms with van der Waals surface area (Å²) in [5, 5.41) is 0.657. The number of nitrogens with two attached hydrogens (primary N) is 1. The number of halogens is 2. The molecule has 0 aliphatic heterocycles. The van der Waals surface area contributed by atoms with Crippen molar-refractivity contribution in [2.24, 2.45) is 0 Å². The van der Waals surface area contributed by atoms with Gasteiger partial charge in [0.25, 0.3) is 0 Å². The van der Waals surface area contributed by atoms with E-state index < -0.39 is 0 Å². The van der Waals surface area contributed by atoms with E-state index in [2.05, 4.69) is 0 Å². The van der Waals surface area contributed by atoms with Crippen molar-refractivity contribution in [3.05, 3.63) is 53.3 Å². The highest BCUT2D eigenvalue weighted by atomic mass is 35.5. The summed E-state index contributed by atoms with van der Waals surface area (Å²) in [6, 6.07) is 11.7. The minimum atomic E-state index is -0.352. The number of rotatable bonds is 5. The maximum Gasteiger partial charge on any atom is 0.165 e. The van der Waals surface area contributed by atoms with Gasteiger partial charge in [-0.2, -0.15) is 0 Å². The molecule has 0 radical (unpaired) electrons. The Bertz CT molecular complexity index is 565. The van der Waals surface area contributed by atoms with E-state index in [0.29, 0.717) is 23.1 Å². The first-order valence-electron chi connectivity index (χ1n) is 5.72. The molecular formula is C14H13ClFNOS. The number of ether oxygens (including phenoxy) is 1. The zero-order valence-corrected chi connectivity index (χ0v) is 11.7. The third-order valence-corrected chi connectivity index (χ3v) is 3.85. The summed E-state index contributed by atoms with van der Waals surface area (Å²) in [6.07, 6.45) is 0. The van der Waals surface area contributed by atoms with E-state index in [1.807, 2.05) is 6.07 Å². The van der Waals surface area contributed by atoms with Gasteiger partial charge in [-0.1, -0.05) is 23.7 Å². The Morgan fingerprint density at radius 1 is 1.21 bits per heavy atom. The maximum atomic E-state index is 13.3. The number of thioether (sulfide) groups is 1. The van der Waals surface area contributed by atoms with Gasteiger partial charge in [0.15, 0.2) is 11.6 Å². The Kier molecular flexibility index (Phi) is 4.93. The second-order valence-electron chi connectivity index (χ2n) is 3.82. The summed E-state index contributed by atoms with van der Waals surface area (Å²) in [6.45, 7) is 0.400. The second-order valence-corrected chi connectivity index (χ2v) is 5.36. The van der Waals surface area contributed by atoms with Crippen molar-refractivity contribution in [3.63, 3.8) is 0 Å². The van der Waals surface area contributed by atoms with Crippen LogP contribution in [0.1, 0.15) is 0 Å². The molecule has 0 bridgehead atoms. The summed E-state index contributed by atoms with van der Waals surface area (Å²) in [7, 11) is 0. The summed E-state index contributed by atoms with van der Waals surface area (Å²) in [5.41, 5.74) is 6.36. The number of para-hydroxylation sites is 1. The van der Waals surface area contributed by atoms with Gasteiger partial charge in [-0.25, -0.2) is 4.39 Å². The van der Waals surface area contributed by atoms with Crippen molar-refractivity contribution in [2.45, 2.75) is 4.90 Å². The zero-order valence-electron chi connectivity index (χ0n) is 10.1. The van der Waals surface area contributed by atoms with Crippen LogP contribution in [0.2, 0.25) is 5.02 Å². The fourth-order valence-electron chi connectivity index (χ4n) is 1.50. The molecule has 0 fully saturated rings. The molecule has 0 spiro atoms. The van der Waals surface area contributed by atoms with Crippen LogP contribution >= 0.6 is 23.4 Å². The molecular weight excluding hydrogens is 285 g/mol. The van der Waals surface area contributed by atoms with Crippen LogP contribution in [0, 0.1) is 5.82 Å². The first-order chi connectivity index (χ1) is 9.16. The van der Waals surface area contributed by atoms with E-state index >= 15 is 0 Å². The lowest BCUT2D eigenvalue weighted by molar-refractivity contribution is 0.325. The molecule has 0 amide bonds. The number of benzene rings is 2. The molecule has 2 N–H and O–H groups in total. The molecule has 0 aromatic heterocycles. The second kappa shape index (κ2) is 6.68. The van der Waals surface area contributed by atoms with Crippen LogP contribution in [0.25, 0.3) is 0 Å². The van der Waals surface area contributed by atoms with Gasteiger partial charge in [0.2, 0.25) is 0 Å². The smallest absolute Gasteiger partial charge is 0.165 e. The monoisotopic (exact) mass is 297 g/mol. The van der Waals surface area contributed by atoms with E-state index in [1.165, 1.54) is 17.8 Å². The largest absolute Gasteiger partial charge is 0.490 e. The summed E-state index contributed by atoms with van der Waals surface area (Å²) in [4.78, 5) is 0.902. The average molecular weight is 298 g/mol. The molecule has 0 saturated heterocycles. The van der Waals surface area contributed by atoms with Crippen molar-refractivity contribution >= 4 is 29.1 Å². The standard InChI is InChI=1S/C14H13ClFNOS/c15-11-6-5-10(17)9-14(11)19-8-7-18-13-4-2-1-3-12(13)16/h1-6,9H,7-8,17H2. The molecule has 2 aromatic rings. The van der Waals surface area contributed by atoms with E-state index in [4.69, 9.17) is 22.1 Å². The van der Waals surface area contributed by atoms with E-state index in [-0.39, 0.29) is 11.6 Å². The Morgan fingerprint density at radius 3 is 2.79 bits per heavy atom. The fourth-order valence-corrected chi connectivity index (χ4v) is 2.59. The van der Waals surface area contributed by atoms with Crippen LogP contribution in [-0.4, -0.2) is 12.4 Å². The summed E-state index contributed by atoms with van der Waals surface area (Å²) >= 11 is 7.57. The fraction of sp³-hybridized carbons (Fsp3) is 0.143. The molecule has 0 unspecified atom stereocenters. The van der Waals surface area contributed by atoms with Crippen LogP contribution in [0.4, 0.5) is 10.1 Å². The number of hydrogen-bond donors (Lipinski definition) is 1. The SMILES string of the molecule is Nc1ccc(Cl)c(SCCOc2ccccc2F)c1. The summed E-state index contributed by atoms with van der Waals surface area (Å²) in [5.74, 6) is 0.577. The van der Waals surface area contributed by atoms with Crippen LogP contribution in [0.3, 0.4) is 0 Å². The summed E-state index contributed by atoms with van der Waals surface area (Å²) < 4.78 is 18.6. The highest BCUT2D eigenvalue weighted by Crippen LogP contribution is 2.29. The van der Waals surface area contributed by atoms with Gasteiger partial charge < -0.3 is 10.5 Å². The highest BCUT2D eigenvalue weighted by molar-refractivity contribution is 7.99. The van der Waals surface area contributed by atoms with Crippen molar-refractivity contribution in [1.29, 1.82) is 0 Å². The Morgan fingerprint density at radius 2 is 2.00 bits per heavy atom. The van der Waals surface area contributed by atoms with Crippen molar-refractivity contribution in [1.82, 2.24) is 0 Å². The van der Waals surface area contributed by atoms with Crippen LogP contribution in [0.5, 0.6) is 5.75 Å². The van der Waals surface area contributed by atoms with E-state index in [9.17, 15) is 4.39 Å². The predicted octanol–water partition coefficient (Wildman–Crippen LogP) is 4.23. The van der Waals surface area contributed by atoms with Gasteiger partial charge in [0, 0.05) is 16.3 Å². The lowest BCUT2D eigenvalue weighted by atomic mass is 10.3. The third-order valence-electron chi connectivity index (χ3n) is 2.39. The molecule has 2 rings (SSSR count). The molecule has 2 aromatic carbocycles. The average Bonchev–Trinajstić information content (AvgIpc) is 2.40. The van der Waals surface area contributed by atoms with Gasteiger partial charge in [0.05, 0.1) is 11.6 Å². The van der Waals surface area contributed by atoms with Crippen molar-refractivity contribution in [3.8, 4) is 5.75 Å². The Hall–Kier alpha value is -1.39. The first-order valence-corrected chi connectivity index (χ1v) is 7.08. The molecule has 0 heterocycles. The number of anilines is 1. The molecule has 0 saturated carbocycles. The van der Waals surface area contributed by atoms with E-state index in [0.717, 1.165) is 4.90 Å². The van der Waals surface area contributed by atoms with Crippen LogP contribution in [-0.2, 0) is 0 Å². The molecule has 2 nitrogen and oxygen atoms in total. The van der Waals surface area contributed by atoms with Gasteiger partial charge in [0.1, 0.15) is 0 Å². The lowest BCUT2D eigenvalue weighted by Crippen LogP contribution is -2.01. The third kappa shape index (κ3) is 4.04. The number of nitrogen functional groups attached to an aromatic ring is 1. The van der Waals surface area contributed by atoms with Crippen molar-refractivity contribution in [2.75, 3.05) is 18.1 Å². The van der Waals surface area contributed by atoms with E-state index in [1.54, 1.807) is 30.3 Å². The quantitative estimate of drug-likeness (QED) is 0.509. The lowest BCUT2D eigenvalue weighted by Gasteiger charge is -2.08. The number of hydrogen-bond acceptors (Lipinski definition) is 3. The molecule has 0 atom stereocenters. The normalized spacial score (nSPS) is 10.4. The topological polar surface area (TPSA) is 35.2 Å². The zero-order chi connectivity index (χ0) is 13.7. The molecule has 5 heteroatoms. The maximum absolute atomic E-state index is 13.3. The first kappa shape index (κ1) is 14.0. The molecule has 0 aliphatic carbocycles. The highest BCUT2D eigenvalue weighted by Gasteiger charge is 2.04. The minimum Gasteiger partial charge on any atom is -0.490 e. The predicted molar refractivity (Wildman–Crippen MR) is 78.5 cm³/mol. The minimum absolute atomic E-state index is 0.266. The van der Waals surface area contributed by atoms with Crippen LogP contribution < -0.4 is 10.5 Å². The van der Waals surface area contributed by atoms with Gasteiger partial charge >= 0.3 is 0 Å². The molecule has 0 aliphatic rings. The Balaban J connectivity index is 1.84. The van der Waals surface area contributed by atoms with Gasteiger partial charge in [-0.05, 0) is 30.3 Å².